The first kappa shape index (κ1) is 10.4. The van der Waals surface area contributed by atoms with Gasteiger partial charge in [-0.05, 0) is 12.2 Å². The molecule has 0 aromatic rings. The maximum absolute atomic E-state index is 11.3. The van der Waals surface area contributed by atoms with Crippen LogP contribution in [-0.4, -0.2) is 44.3 Å². The Morgan fingerprint density at radius 1 is 1.33 bits per heavy atom. The average molecular weight is 227 g/mol. The summed E-state index contributed by atoms with van der Waals surface area (Å²) in [7, 11) is -1.80. The van der Waals surface area contributed by atoms with E-state index in [2.05, 4.69) is 0 Å². The van der Waals surface area contributed by atoms with E-state index in [-0.39, 0.29) is 5.70 Å². The van der Waals surface area contributed by atoms with Crippen LogP contribution in [0.25, 0.3) is 0 Å². The molecule has 15 heavy (non-hydrogen) atoms. The van der Waals surface area contributed by atoms with Gasteiger partial charge in [0, 0.05) is 4.91 Å². The van der Waals surface area contributed by atoms with Crippen molar-refractivity contribution in [3.63, 3.8) is 0 Å². The van der Waals surface area contributed by atoms with Gasteiger partial charge in [0.25, 0.3) is 5.78 Å². The summed E-state index contributed by atoms with van der Waals surface area (Å²) in [6.07, 6.45) is 2.46. The molecular weight excluding hydrogens is 221 g/mol. The predicted molar refractivity (Wildman–Crippen MR) is 51.4 cm³/mol. The third-order valence-electron chi connectivity index (χ3n) is 2.03. The van der Waals surface area contributed by atoms with Crippen LogP contribution in [0.2, 0.25) is 0 Å². The van der Waals surface area contributed by atoms with Gasteiger partial charge in [0.15, 0.2) is 0 Å². The van der Waals surface area contributed by atoms with Crippen LogP contribution in [0.5, 0.6) is 0 Å². The second-order valence-electron chi connectivity index (χ2n) is 3.01. The maximum Gasteiger partial charge on any atom is 0.489 e. The Balaban J connectivity index is 2.35. The molecule has 2 rings (SSSR count). The highest BCUT2D eigenvalue weighted by atomic mass is 32.2. The molecule has 1 heterocycles. The van der Waals surface area contributed by atoms with Crippen molar-refractivity contribution in [2.45, 2.75) is 5.27 Å². The van der Waals surface area contributed by atoms with Crippen molar-refractivity contribution in [2.75, 3.05) is 0 Å². The predicted octanol–water partition coefficient (Wildman–Crippen LogP) is -1.32. The van der Waals surface area contributed by atoms with Crippen LogP contribution < -0.4 is 0 Å². The Morgan fingerprint density at radius 2 is 2.00 bits per heavy atom. The molecule has 78 valence electrons. The van der Waals surface area contributed by atoms with Crippen molar-refractivity contribution in [1.82, 2.24) is 5.06 Å². The molecule has 1 aliphatic carbocycles. The maximum atomic E-state index is 11.3. The molecule has 6 nitrogen and oxygen atoms in total. The fraction of sp³-hybridized carbons (Fsp3) is 0.143. The number of thioether (sulfide) groups is 1. The Bertz CT molecular complexity index is 404. The van der Waals surface area contributed by atoms with Crippen LogP contribution in [0.3, 0.4) is 0 Å². The lowest BCUT2D eigenvalue weighted by Crippen LogP contribution is -2.41. The Labute approximate surface area is 89.0 Å². The molecule has 0 spiro atoms. The third kappa shape index (κ3) is 1.51. The summed E-state index contributed by atoms with van der Waals surface area (Å²) >= 11 is 0.912. The zero-order valence-corrected chi connectivity index (χ0v) is 8.14. The topological polar surface area (TPSA) is 98.1 Å². The first-order valence-electron chi connectivity index (χ1n) is 4.04. The molecule has 0 saturated heterocycles. The van der Waals surface area contributed by atoms with Crippen molar-refractivity contribution in [3.05, 3.63) is 22.8 Å². The number of carbonyl (C=O) groups excluding carboxylic acids is 2. The van der Waals surface area contributed by atoms with E-state index >= 15 is 0 Å². The highest BCUT2D eigenvalue weighted by Gasteiger charge is 2.44. The number of allylic oxidation sites excluding steroid dienone is 3. The van der Waals surface area contributed by atoms with Gasteiger partial charge in [-0.3, -0.25) is 14.8 Å². The first-order chi connectivity index (χ1) is 7.02. The highest BCUT2D eigenvalue weighted by molar-refractivity contribution is 8.05. The van der Waals surface area contributed by atoms with Crippen LogP contribution in [0.4, 0.5) is 0 Å². The van der Waals surface area contributed by atoms with Gasteiger partial charge in [-0.1, -0.05) is 11.8 Å². The van der Waals surface area contributed by atoms with E-state index in [4.69, 9.17) is 10.0 Å². The molecule has 0 saturated carbocycles. The Kier molecular flexibility index (Phi) is 2.43. The normalized spacial score (nSPS) is 25.0. The van der Waals surface area contributed by atoms with E-state index in [9.17, 15) is 14.8 Å². The minimum Gasteiger partial charge on any atom is -0.425 e. The first-order valence-corrected chi connectivity index (χ1v) is 4.92. The van der Waals surface area contributed by atoms with Crippen LogP contribution in [0.15, 0.2) is 22.8 Å². The van der Waals surface area contributed by atoms with Gasteiger partial charge in [-0.2, -0.15) is 0 Å². The summed E-state index contributed by atoms with van der Waals surface area (Å²) in [6, 6.07) is 0. The van der Waals surface area contributed by atoms with Crippen molar-refractivity contribution in [1.29, 1.82) is 0 Å². The number of nitrogens with zero attached hydrogens (tertiary/aromatic N) is 1. The fourth-order valence-corrected chi connectivity index (χ4v) is 2.37. The number of hydroxylamine groups is 2. The number of carbonyl (C=O) groups is 2. The molecule has 0 amide bonds. The van der Waals surface area contributed by atoms with Gasteiger partial charge >= 0.3 is 7.12 Å². The van der Waals surface area contributed by atoms with Crippen molar-refractivity contribution in [3.8, 4) is 0 Å². The molecule has 0 aromatic carbocycles. The van der Waals surface area contributed by atoms with Crippen LogP contribution in [-0.2, 0) is 9.59 Å². The fourth-order valence-electron chi connectivity index (χ4n) is 1.34. The second-order valence-corrected chi connectivity index (χ2v) is 4.16. The molecule has 0 fully saturated rings. The molecule has 0 aromatic heterocycles. The van der Waals surface area contributed by atoms with Gasteiger partial charge in [0.2, 0.25) is 5.78 Å². The lowest BCUT2D eigenvalue weighted by molar-refractivity contribution is -0.136. The molecule has 1 aliphatic heterocycles. The third-order valence-corrected chi connectivity index (χ3v) is 3.30. The summed E-state index contributed by atoms with van der Waals surface area (Å²) in [5.74, 6) is -1.58. The van der Waals surface area contributed by atoms with Crippen molar-refractivity contribution >= 4 is 30.4 Å². The van der Waals surface area contributed by atoms with Gasteiger partial charge in [-0.15, -0.1) is 0 Å². The van der Waals surface area contributed by atoms with E-state index in [0.29, 0.717) is 9.97 Å². The minimum atomic E-state index is -1.80. The Hall–Kier alpha value is -1.09. The minimum absolute atomic E-state index is 0.189. The van der Waals surface area contributed by atoms with Gasteiger partial charge in [0.1, 0.15) is 11.0 Å². The van der Waals surface area contributed by atoms with Crippen LogP contribution in [0, 0.1) is 0 Å². The van der Waals surface area contributed by atoms with E-state index < -0.39 is 24.0 Å². The molecule has 1 atom stereocenters. The van der Waals surface area contributed by atoms with Crippen molar-refractivity contribution < 1.29 is 24.8 Å². The summed E-state index contributed by atoms with van der Waals surface area (Å²) in [5, 5.41) is 26.6. The summed E-state index contributed by atoms with van der Waals surface area (Å²) in [5.41, 5.74) is -0.189. The number of hydrogen-bond donors (Lipinski definition) is 3. The summed E-state index contributed by atoms with van der Waals surface area (Å²) in [6.45, 7) is 0. The lowest BCUT2D eigenvalue weighted by Gasteiger charge is -2.19. The number of rotatable bonds is 1. The van der Waals surface area contributed by atoms with E-state index in [1.165, 1.54) is 6.08 Å². The molecule has 3 N–H and O–H groups in total. The smallest absolute Gasteiger partial charge is 0.425 e. The van der Waals surface area contributed by atoms with Crippen LogP contribution >= 0.6 is 11.8 Å². The second kappa shape index (κ2) is 3.49. The molecule has 0 radical (unpaired) electrons. The zero-order valence-electron chi connectivity index (χ0n) is 7.32. The summed E-state index contributed by atoms with van der Waals surface area (Å²) < 4.78 is 0. The van der Waals surface area contributed by atoms with E-state index in [1.54, 1.807) is 0 Å². The summed E-state index contributed by atoms with van der Waals surface area (Å²) in [4.78, 5) is 22.7. The number of hydrogen-bond acceptors (Lipinski definition) is 7. The molecule has 1 unspecified atom stereocenters. The quantitative estimate of drug-likeness (QED) is 0.290. The molecule has 8 heteroatoms. The monoisotopic (exact) mass is 227 g/mol. The average Bonchev–Trinajstić information content (AvgIpc) is 2.50. The molecule has 2 aliphatic rings. The lowest BCUT2D eigenvalue weighted by atomic mass is 9.91. The van der Waals surface area contributed by atoms with Crippen LogP contribution in [0.1, 0.15) is 0 Å². The standard InChI is InChI=1S/C7H6BNO5S/c10-3-1-2-4-5(6(3)11)9(14)7(15-4)8(12)13/h1-2,7,12-14H. The Morgan fingerprint density at radius 3 is 2.60 bits per heavy atom. The molecular formula is C7H6BNO5S. The largest absolute Gasteiger partial charge is 0.489 e. The van der Waals surface area contributed by atoms with E-state index in [0.717, 1.165) is 17.8 Å². The highest BCUT2D eigenvalue weighted by Crippen LogP contribution is 2.39. The number of Topliss-reactive ketones (excluding diaryl/α,β-unsaturated/α-hetero) is 1. The van der Waals surface area contributed by atoms with Crippen molar-refractivity contribution in [2.24, 2.45) is 0 Å². The van der Waals surface area contributed by atoms with Gasteiger partial charge in [-0.25, -0.2) is 5.06 Å². The van der Waals surface area contributed by atoms with E-state index in [1.807, 2.05) is 0 Å². The molecule has 0 bridgehead atoms. The van der Waals surface area contributed by atoms with Gasteiger partial charge < -0.3 is 10.0 Å². The van der Waals surface area contributed by atoms with Gasteiger partial charge in [0.05, 0.1) is 0 Å². The number of ketones is 2. The SMILES string of the molecule is O=C1C=CC2=C(C1=O)N(O)C(B(O)O)S2. The zero-order chi connectivity index (χ0) is 11.2.